The highest BCUT2D eigenvalue weighted by Gasteiger charge is 2.19. The molecule has 8 heteroatoms. The molecular formula is C19H19N7O. The fourth-order valence-electron chi connectivity index (χ4n) is 3.43. The lowest BCUT2D eigenvalue weighted by Gasteiger charge is -2.26. The van der Waals surface area contributed by atoms with Crippen LogP contribution in [0.15, 0.2) is 43.0 Å². The number of carbonyl (C=O) groups excluding carboxylic acids is 1. The fourth-order valence-corrected chi connectivity index (χ4v) is 3.43. The zero-order chi connectivity index (χ0) is 18.2. The number of fused-ring (bicyclic) bond motifs is 1. The summed E-state index contributed by atoms with van der Waals surface area (Å²) in [6.07, 6.45) is 7.63. The van der Waals surface area contributed by atoms with Gasteiger partial charge in [0.15, 0.2) is 5.78 Å². The lowest BCUT2D eigenvalue weighted by atomic mass is 10.0. The summed E-state index contributed by atoms with van der Waals surface area (Å²) in [6.45, 7) is 2.96. The Balaban J connectivity index is 1.34. The Morgan fingerprint density at radius 2 is 2.15 bits per heavy atom. The van der Waals surface area contributed by atoms with E-state index >= 15 is 0 Å². The monoisotopic (exact) mass is 361 g/mol. The average molecular weight is 361 g/mol. The van der Waals surface area contributed by atoms with Gasteiger partial charge in [0.25, 0.3) is 0 Å². The molecule has 1 aliphatic heterocycles. The Morgan fingerprint density at radius 1 is 1.22 bits per heavy atom. The highest BCUT2D eigenvalue weighted by Crippen LogP contribution is 2.25. The number of nitrogens with zero attached hydrogens (tertiary/aromatic N) is 4. The Morgan fingerprint density at radius 3 is 2.93 bits per heavy atom. The summed E-state index contributed by atoms with van der Waals surface area (Å²) in [5, 5.41) is 22.5. The van der Waals surface area contributed by atoms with Crippen LogP contribution in [0.25, 0.3) is 22.0 Å². The molecule has 27 heavy (non-hydrogen) atoms. The molecule has 1 aliphatic rings. The Hall–Kier alpha value is -3.26. The summed E-state index contributed by atoms with van der Waals surface area (Å²) in [7, 11) is 0. The molecule has 1 saturated heterocycles. The zero-order valence-electron chi connectivity index (χ0n) is 14.6. The van der Waals surface area contributed by atoms with E-state index in [1.807, 2.05) is 35.3 Å². The third kappa shape index (κ3) is 3.04. The Labute approximate surface area is 155 Å². The molecule has 0 amide bonds. The topological polar surface area (TPSA) is 104 Å². The number of H-pyrrole nitrogens is 2. The van der Waals surface area contributed by atoms with E-state index in [0.717, 1.165) is 47.2 Å². The molecule has 3 aromatic heterocycles. The molecule has 3 N–H and O–H groups in total. The number of rotatable bonds is 6. The van der Waals surface area contributed by atoms with Crippen LogP contribution in [-0.2, 0) is 13.0 Å². The van der Waals surface area contributed by atoms with Gasteiger partial charge in [0.05, 0.1) is 17.9 Å². The molecule has 136 valence electrons. The first-order valence-corrected chi connectivity index (χ1v) is 8.99. The van der Waals surface area contributed by atoms with Crippen molar-refractivity contribution in [2.75, 3.05) is 13.1 Å². The Bertz CT molecular complexity index is 1090. The number of hydrogen-bond donors (Lipinski definition) is 3. The van der Waals surface area contributed by atoms with Crippen molar-refractivity contribution in [2.24, 2.45) is 5.92 Å². The number of aromatic amines is 2. The van der Waals surface area contributed by atoms with Gasteiger partial charge < -0.3 is 5.32 Å². The summed E-state index contributed by atoms with van der Waals surface area (Å²) in [4.78, 5) is 12.8. The summed E-state index contributed by atoms with van der Waals surface area (Å²) in [6, 6.07) is 5.89. The number of aromatic nitrogens is 6. The van der Waals surface area contributed by atoms with Crippen molar-refractivity contribution < 1.29 is 4.79 Å². The van der Waals surface area contributed by atoms with Crippen LogP contribution in [0.5, 0.6) is 0 Å². The van der Waals surface area contributed by atoms with Crippen LogP contribution in [0.3, 0.4) is 0 Å². The van der Waals surface area contributed by atoms with E-state index in [2.05, 4.69) is 30.8 Å². The predicted molar refractivity (Wildman–Crippen MR) is 100 cm³/mol. The summed E-state index contributed by atoms with van der Waals surface area (Å²) < 4.78 is 1.92. The van der Waals surface area contributed by atoms with Crippen LogP contribution in [0.1, 0.15) is 16.1 Å². The van der Waals surface area contributed by atoms with Crippen LogP contribution in [0.2, 0.25) is 0 Å². The normalized spacial score (nSPS) is 14.5. The summed E-state index contributed by atoms with van der Waals surface area (Å²) in [5.41, 5.74) is 4.24. The van der Waals surface area contributed by atoms with Gasteiger partial charge in [-0.1, -0.05) is 6.07 Å². The van der Waals surface area contributed by atoms with Gasteiger partial charge in [0, 0.05) is 55.3 Å². The van der Waals surface area contributed by atoms with Gasteiger partial charge in [-0.05, 0) is 23.3 Å². The molecular weight excluding hydrogens is 342 g/mol. The van der Waals surface area contributed by atoms with Crippen LogP contribution in [0.4, 0.5) is 0 Å². The number of benzene rings is 1. The second-order valence-electron chi connectivity index (χ2n) is 7.01. The highest BCUT2D eigenvalue weighted by atomic mass is 16.1. The van der Waals surface area contributed by atoms with Gasteiger partial charge in [-0.3, -0.25) is 19.7 Å². The lowest BCUT2D eigenvalue weighted by Crippen LogP contribution is -2.44. The smallest absolute Gasteiger partial charge is 0.188 e. The first-order valence-electron chi connectivity index (χ1n) is 8.99. The highest BCUT2D eigenvalue weighted by molar-refractivity contribution is 6.07. The molecule has 4 heterocycles. The molecule has 4 aromatic rings. The van der Waals surface area contributed by atoms with Crippen LogP contribution < -0.4 is 5.32 Å². The van der Waals surface area contributed by atoms with Crippen molar-refractivity contribution >= 4 is 16.7 Å². The minimum Gasteiger partial charge on any atom is -0.316 e. The molecule has 1 aromatic carbocycles. The number of carbonyl (C=O) groups is 1. The predicted octanol–water partition coefficient (Wildman–Crippen LogP) is 1.79. The van der Waals surface area contributed by atoms with Crippen molar-refractivity contribution in [1.29, 1.82) is 0 Å². The van der Waals surface area contributed by atoms with Gasteiger partial charge in [-0.2, -0.15) is 15.3 Å². The largest absolute Gasteiger partial charge is 0.316 e. The van der Waals surface area contributed by atoms with Gasteiger partial charge in [0.2, 0.25) is 0 Å². The maximum Gasteiger partial charge on any atom is 0.188 e. The van der Waals surface area contributed by atoms with Crippen LogP contribution >= 0.6 is 0 Å². The number of ketones is 1. The first kappa shape index (κ1) is 16.0. The maximum absolute atomic E-state index is 12.8. The van der Waals surface area contributed by atoms with Gasteiger partial charge >= 0.3 is 0 Å². The van der Waals surface area contributed by atoms with Gasteiger partial charge in [-0.25, -0.2) is 0 Å². The maximum atomic E-state index is 12.8. The fraction of sp³-hybridized carbons (Fsp3) is 0.263. The molecule has 8 nitrogen and oxygen atoms in total. The van der Waals surface area contributed by atoms with E-state index < -0.39 is 0 Å². The molecule has 0 atom stereocenters. The van der Waals surface area contributed by atoms with Gasteiger partial charge in [-0.15, -0.1) is 0 Å². The van der Waals surface area contributed by atoms with Gasteiger partial charge in [0.1, 0.15) is 5.69 Å². The first-order chi connectivity index (χ1) is 13.3. The molecule has 5 rings (SSSR count). The van der Waals surface area contributed by atoms with E-state index in [0.29, 0.717) is 18.0 Å². The van der Waals surface area contributed by atoms with Crippen molar-refractivity contribution in [3.8, 4) is 11.1 Å². The summed E-state index contributed by atoms with van der Waals surface area (Å²) >= 11 is 0. The molecule has 0 radical (unpaired) electrons. The lowest BCUT2D eigenvalue weighted by molar-refractivity contribution is 0.0989. The number of hydrogen-bond acceptors (Lipinski definition) is 5. The SMILES string of the molecule is O=C(Cc1cnn(CC2CNC2)c1)c1n[nH]c2cc(-c3cn[nH]c3)ccc12. The van der Waals surface area contributed by atoms with E-state index in [1.54, 1.807) is 12.4 Å². The molecule has 0 bridgehead atoms. The minimum atomic E-state index is -0.0119. The number of nitrogens with one attached hydrogen (secondary N) is 3. The van der Waals surface area contributed by atoms with Crippen molar-refractivity contribution in [2.45, 2.75) is 13.0 Å². The number of Topliss-reactive ketones (excluding diaryl/α,β-unsaturated/α-hetero) is 1. The van der Waals surface area contributed by atoms with Crippen molar-refractivity contribution in [3.63, 3.8) is 0 Å². The molecule has 0 spiro atoms. The molecule has 0 unspecified atom stereocenters. The van der Waals surface area contributed by atoms with Crippen molar-refractivity contribution in [3.05, 3.63) is 54.2 Å². The third-order valence-electron chi connectivity index (χ3n) is 5.02. The van der Waals surface area contributed by atoms with Crippen LogP contribution in [0, 0.1) is 5.92 Å². The summed E-state index contributed by atoms with van der Waals surface area (Å²) in [5.74, 6) is 0.621. The zero-order valence-corrected chi connectivity index (χ0v) is 14.6. The minimum absolute atomic E-state index is 0.0119. The van der Waals surface area contributed by atoms with Crippen molar-refractivity contribution in [1.82, 2.24) is 35.5 Å². The van der Waals surface area contributed by atoms with E-state index in [1.165, 1.54) is 0 Å². The van der Waals surface area contributed by atoms with E-state index in [9.17, 15) is 4.79 Å². The average Bonchev–Trinajstić information content (AvgIpc) is 3.37. The standard InChI is InChI=1S/C19H19N7O/c27-18(3-12-7-23-26(10-12)11-13-5-20-6-13)19-16-2-1-14(4-17(16)24-25-19)15-8-21-22-9-15/h1-2,4,7-10,13,20H,3,5-6,11H2,(H,21,22)(H,24,25). The van der Waals surface area contributed by atoms with Crippen LogP contribution in [-0.4, -0.2) is 49.0 Å². The molecule has 0 aliphatic carbocycles. The second-order valence-corrected chi connectivity index (χ2v) is 7.01. The van der Waals surface area contributed by atoms with E-state index in [4.69, 9.17) is 0 Å². The quantitative estimate of drug-likeness (QED) is 0.454. The second kappa shape index (κ2) is 6.48. The molecule has 1 fully saturated rings. The molecule has 0 saturated carbocycles. The van der Waals surface area contributed by atoms with E-state index in [-0.39, 0.29) is 5.78 Å². The third-order valence-corrected chi connectivity index (χ3v) is 5.02. The Kier molecular flexibility index (Phi) is 3.83.